The van der Waals surface area contributed by atoms with Crippen LogP contribution in [0.1, 0.15) is 0 Å². The quantitative estimate of drug-likeness (QED) is 0.290. The fourth-order valence-corrected chi connectivity index (χ4v) is 14.4. The van der Waals surface area contributed by atoms with Crippen molar-refractivity contribution >= 4 is 62.4 Å². The van der Waals surface area contributed by atoms with E-state index >= 15 is 0 Å². The van der Waals surface area contributed by atoms with Gasteiger partial charge < -0.3 is 37.9 Å². The minimum Gasteiger partial charge on any atom is -0.485 e. The molecule has 13 heteroatoms. The van der Waals surface area contributed by atoms with Crippen LogP contribution in [0.3, 0.4) is 0 Å². The monoisotopic (exact) mass is 620 g/mol. The second-order valence-electron chi connectivity index (χ2n) is 9.77. The van der Waals surface area contributed by atoms with Crippen LogP contribution in [-0.4, -0.2) is 60.9 Å². The maximum atomic E-state index is 6.33. The first kappa shape index (κ1) is 24.2. The number of thiophene rings is 4. The normalized spacial score (nSPS) is 17.3. The molecule has 4 aromatic heterocycles. The molecule has 0 saturated heterocycles. The van der Waals surface area contributed by atoms with Crippen LogP contribution in [-0.2, 0) is 0 Å². The second kappa shape index (κ2) is 9.23. The van der Waals surface area contributed by atoms with E-state index in [0.29, 0.717) is 52.9 Å². The van der Waals surface area contributed by atoms with Gasteiger partial charge >= 0.3 is 0 Å². The molecular formula is C26H24O8S4Si. The molecule has 0 aromatic carbocycles. The first-order valence-corrected chi connectivity index (χ1v) is 19.1. The Morgan fingerprint density at radius 3 is 1.26 bits per heavy atom. The zero-order valence-electron chi connectivity index (χ0n) is 21.2. The van der Waals surface area contributed by atoms with Gasteiger partial charge in [-0.15, -0.1) is 45.3 Å². The molecule has 4 aliphatic rings. The van der Waals surface area contributed by atoms with Gasteiger partial charge in [-0.05, 0) is 0 Å². The van der Waals surface area contributed by atoms with Crippen LogP contribution < -0.4 is 46.9 Å². The van der Waals surface area contributed by atoms with Gasteiger partial charge in [-0.1, -0.05) is 13.1 Å². The summed E-state index contributed by atoms with van der Waals surface area (Å²) in [6.07, 6.45) is 0. The fourth-order valence-electron chi connectivity index (χ4n) is 5.17. The smallest absolute Gasteiger partial charge is 0.180 e. The standard InChI is InChI=1S/C26H24O8S4Si/c1-39(2,25-19-17(31-7-9-33-19)23(37-25)21-15-13(11-35-21)27-3-5-29-15)26-20-18(32-8-10-34-20)24(38-26)22-16-14(12-36-22)28-4-6-30-16/h11-12H,3-10H2,1-2H3. The van der Waals surface area contributed by atoms with Crippen molar-refractivity contribution in [1.29, 1.82) is 0 Å². The Labute approximate surface area is 241 Å². The van der Waals surface area contributed by atoms with E-state index in [1.165, 1.54) is 9.00 Å². The van der Waals surface area contributed by atoms with Gasteiger partial charge in [0.15, 0.2) is 46.0 Å². The highest BCUT2D eigenvalue weighted by Gasteiger charge is 2.44. The minimum absolute atomic E-state index is 0.518. The molecule has 4 aromatic rings. The summed E-state index contributed by atoms with van der Waals surface area (Å²) in [6.45, 7) is 8.99. The number of rotatable bonds is 4. The van der Waals surface area contributed by atoms with E-state index in [0.717, 1.165) is 65.5 Å². The molecule has 0 atom stereocenters. The van der Waals surface area contributed by atoms with Crippen molar-refractivity contribution in [3.8, 4) is 65.5 Å². The molecule has 0 unspecified atom stereocenters. The molecule has 0 aliphatic carbocycles. The van der Waals surface area contributed by atoms with Crippen LogP contribution >= 0.6 is 45.3 Å². The summed E-state index contributed by atoms with van der Waals surface area (Å²) in [7, 11) is -2.38. The molecule has 0 radical (unpaired) electrons. The minimum atomic E-state index is -2.38. The van der Waals surface area contributed by atoms with Gasteiger partial charge in [0.25, 0.3) is 0 Å². The van der Waals surface area contributed by atoms with Crippen LogP contribution in [0.25, 0.3) is 19.5 Å². The van der Waals surface area contributed by atoms with Gasteiger partial charge in [-0.25, -0.2) is 0 Å². The van der Waals surface area contributed by atoms with Crippen molar-refractivity contribution in [3.05, 3.63) is 10.8 Å². The summed E-state index contributed by atoms with van der Waals surface area (Å²) in [5.74, 6) is 6.50. The Balaban J connectivity index is 1.28. The molecule has 8 heterocycles. The average molecular weight is 621 g/mol. The Morgan fingerprint density at radius 1 is 0.462 bits per heavy atom. The summed E-state index contributed by atoms with van der Waals surface area (Å²) in [6, 6.07) is 0. The molecular weight excluding hydrogens is 597 g/mol. The molecule has 8 rings (SSSR count). The Morgan fingerprint density at radius 2 is 0.821 bits per heavy atom. The number of ether oxygens (including phenoxy) is 8. The van der Waals surface area contributed by atoms with Gasteiger partial charge in [-0.2, -0.15) is 0 Å². The molecule has 39 heavy (non-hydrogen) atoms. The molecule has 0 amide bonds. The van der Waals surface area contributed by atoms with Crippen molar-refractivity contribution in [2.75, 3.05) is 52.9 Å². The highest BCUT2D eigenvalue weighted by Crippen LogP contribution is 2.56. The average Bonchev–Trinajstić information content (AvgIpc) is 3.75. The zero-order chi connectivity index (χ0) is 26.1. The topological polar surface area (TPSA) is 73.8 Å². The van der Waals surface area contributed by atoms with Crippen LogP contribution in [0.5, 0.6) is 46.0 Å². The summed E-state index contributed by atoms with van der Waals surface area (Å²) < 4.78 is 51.3. The summed E-state index contributed by atoms with van der Waals surface area (Å²) in [4.78, 5) is 4.14. The highest BCUT2D eigenvalue weighted by atomic mass is 32.1. The van der Waals surface area contributed by atoms with E-state index in [1.807, 2.05) is 10.8 Å². The van der Waals surface area contributed by atoms with E-state index in [1.54, 1.807) is 45.3 Å². The largest absolute Gasteiger partial charge is 0.485 e. The fraction of sp³-hybridized carbons (Fsp3) is 0.385. The van der Waals surface area contributed by atoms with E-state index in [9.17, 15) is 0 Å². The number of fused-ring (bicyclic) bond motifs is 4. The second-order valence-corrected chi connectivity index (χ2v) is 18.5. The third kappa shape index (κ3) is 3.70. The summed E-state index contributed by atoms with van der Waals surface area (Å²) in [5.41, 5.74) is 0. The highest BCUT2D eigenvalue weighted by molar-refractivity contribution is 7.40. The summed E-state index contributed by atoms with van der Waals surface area (Å²) in [5, 5.41) is 4.03. The van der Waals surface area contributed by atoms with Crippen LogP contribution in [0.4, 0.5) is 0 Å². The van der Waals surface area contributed by atoms with Crippen molar-refractivity contribution in [3.63, 3.8) is 0 Å². The summed E-state index contributed by atoms with van der Waals surface area (Å²) >= 11 is 6.73. The van der Waals surface area contributed by atoms with Crippen LogP contribution in [0.2, 0.25) is 13.1 Å². The maximum absolute atomic E-state index is 6.33. The van der Waals surface area contributed by atoms with Crippen LogP contribution in [0, 0.1) is 0 Å². The lowest BCUT2D eigenvalue weighted by Gasteiger charge is -2.25. The maximum Gasteiger partial charge on any atom is 0.180 e. The third-order valence-corrected chi connectivity index (χ3v) is 17.5. The van der Waals surface area contributed by atoms with Crippen molar-refractivity contribution in [2.24, 2.45) is 0 Å². The molecule has 4 aliphatic heterocycles. The first-order chi connectivity index (χ1) is 19.1. The molecule has 0 N–H and O–H groups in total. The Kier molecular flexibility index (Phi) is 5.74. The van der Waals surface area contributed by atoms with Gasteiger partial charge in [0.1, 0.15) is 60.9 Å². The lowest BCUT2D eigenvalue weighted by atomic mass is 10.3. The van der Waals surface area contributed by atoms with E-state index in [-0.39, 0.29) is 0 Å². The molecule has 204 valence electrons. The predicted octanol–water partition coefficient (Wildman–Crippen LogP) is 5.17. The van der Waals surface area contributed by atoms with Gasteiger partial charge in [-0.3, -0.25) is 0 Å². The van der Waals surface area contributed by atoms with Gasteiger partial charge in [0.05, 0.1) is 19.5 Å². The Hall–Kier alpha value is -2.58. The molecule has 0 saturated carbocycles. The van der Waals surface area contributed by atoms with Gasteiger partial charge in [0, 0.05) is 19.8 Å². The van der Waals surface area contributed by atoms with Gasteiger partial charge in [0.2, 0.25) is 0 Å². The van der Waals surface area contributed by atoms with Crippen LogP contribution in [0.15, 0.2) is 10.8 Å². The molecule has 8 nitrogen and oxygen atoms in total. The zero-order valence-corrected chi connectivity index (χ0v) is 25.5. The van der Waals surface area contributed by atoms with Crippen molar-refractivity contribution < 1.29 is 37.9 Å². The van der Waals surface area contributed by atoms with E-state index < -0.39 is 8.07 Å². The SMILES string of the molecule is C[Si](C)(c1sc(-c2scc3c2OCCO3)c2c1OCCO2)c1sc(-c2scc3c2OCCO3)c2c1OCCO2. The lowest BCUT2D eigenvalue weighted by Crippen LogP contribution is -2.51. The molecule has 0 fully saturated rings. The molecule has 0 spiro atoms. The predicted molar refractivity (Wildman–Crippen MR) is 156 cm³/mol. The van der Waals surface area contributed by atoms with E-state index in [2.05, 4.69) is 13.1 Å². The third-order valence-electron chi connectivity index (χ3n) is 6.95. The van der Waals surface area contributed by atoms with E-state index in [4.69, 9.17) is 37.9 Å². The number of hydrogen-bond donors (Lipinski definition) is 0. The number of hydrogen-bond acceptors (Lipinski definition) is 12. The lowest BCUT2D eigenvalue weighted by molar-refractivity contribution is 0.172. The molecule has 0 bridgehead atoms. The van der Waals surface area contributed by atoms with Crippen molar-refractivity contribution in [1.82, 2.24) is 0 Å². The van der Waals surface area contributed by atoms with Crippen molar-refractivity contribution in [2.45, 2.75) is 13.1 Å². The Bertz CT molecular complexity index is 1470. The first-order valence-electron chi connectivity index (χ1n) is 12.7.